The molecule has 1 aliphatic rings. The average Bonchev–Trinajstić information content (AvgIpc) is 2.58. The molecule has 1 saturated heterocycles. The zero-order valence-corrected chi connectivity index (χ0v) is 14.1. The van der Waals surface area contributed by atoms with Gasteiger partial charge >= 0.3 is 0 Å². The summed E-state index contributed by atoms with van der Waals surface area (Å²) in [5.74, 6) is -0.443. The molecule has 0 radical (unpaired) electrons. The van der Waals surface area contributed by atoms with Crippen molar-refractivity contribution in [2.45, 2.75) is 32.5 Å². The van der Waals surface area contributed by atoms with Crippen LogP contribution in [-0.4, -0.2) is 30.1 Å². The Balaban J connectivity index is 1.73. The van der Waals surface area contributed by atoms with Crippen molar-refractivity contribution in [1.82, 2.24) is 4.90 Å². The lowest BCUT2D eigenvalue weighted by Crippen LogP contribution is -2.56. The Kier molecular flexibility index (Phi) is 4.82. The van der Waals surface area contributed by atoms with Crippen LogP contribution in [0.15, 0.2) is 48.5 Å². The molecular weight excluding hydrogens is 301 g/mol. The first-order chi connectivity index (χ1) is 11.6. The maximum absolute atomic E-state index is 13.9. The molecule has 1 aliphatic heterocycles. The molecule has 3 nitrogen and oxygen atoms in total. The van der Waals surface area contributed by atoms with Crippen LogP contribution < -0.4 is 4.90 Å². The molecule has 4 heteroatoms. The fraction of sp³-hybridized carbons (Fsp3) is 0.350. The van der Waals surface area contributed by atoms with Gasteiger partial charge in [0.1, 0.15) is 11.9 Å². The third-order valence-electron chi connectivity index (χ3n) is 4.75. The lowest BCUT2D eigenvalue weighted by molar-refractivity contribution is 0.158. The summed E-state index contributed by atoms with van der Waals surface area (Å²) in [6, 6.07) is 17.9. The van der Waals surface area contributed by atoms with E-state index in [0.29, 0.717) is 6.04 Å². The number of piperazine rings is 1. The minimum Gasteiger partial charge on any atom is -0.366 e. The summed E-state index contributed by atoms with van der Waals surface area (Å²) in [6.45, 7) is 7.08. The van der Waals surface area contributed by atoms with Crippen molar-refractivity contribution >= 4 is 5.69 Å². The normalized spacial score (nSPS) is 21.5. The first-order valence-corrected chi connectivity index (χ1v) is 8.32. The SMILES string of the molecule is CC1CN(c2ccc(C#N)c(F)c2)C(C)CN1Cc1ccccc1. The number of halogens is 1. The Bertz CT molecular complexity index is 738. The van der Waals surface area contributed by atoms with Gasteiger partial charge in [-0.05, 0) is 37.6 Å². The molecule has 2 aromatic rings. The first-order valence-electron chi connectivity index (χ1n) is 8.32. The minimum absolute atomic E-state index is 0.0992. The van der Waals surface area contributed by atoms with Crippen LogP contribution in [0.25, 0.3) is 0 Å². The predicted octanol–water partition coefficient (Wildman–Crippen LogP) is 3.80. The van der Waals surface area contributed by atoms with Gasteiger partial charge in [-0.2, -0.15) is 5.26 Å². The quantitative estimate of drug-likeness (QED) is 0.861. The molecule has 0 bridgehead atoms. The van der Waals surface area contributed by atoms with Crippen LogP contribution in [0.3, 0.4) is 0 Å². The van der Waals surface area contributed by atoms with Crippen molar-refractivity contribution in [2.24, 2.45) is 0 Å². The van der Waals surface area contributed by atoms with Gasteiger partial charge < -0.3 is 4.90 Å². The summed E-state index contributed by atoms with van der Waals surface area (Å²) >= 11 is 0. The summed E-state index contributed by atoms with van der Waals surface area (Å²) in [5, 5.41) is 8.88. The van der Waals surface area contributed by atoms with E-state index in [1.807, 2.05) is 18.2 Å². The zero-order chi connectivity index (χ0) is 17.1. The number of anilines is 1. The molecule has 0 aromatic heterocycles. The van der Waals surface area contributed by atoms with Gasteiger partial charge in [0.05, 0.1) is 5.56 Å². The maximum Gasteiger partial charge on any atom is 0.143 e. The van der Waals surface area contributed by atoms with Crippen LogP contribution in [-0.2, 0) is 6.54 Å². The highest BCUT2D eigenvalue weighted by Crippen LogP contribution is 2.26. The number of nitriles is 1. The van der Waals surface area contributed by atoms with Gasteiger partial charge in [-0.1, -0.05) is 30.3 Å². The molecule has 2 atom stereocenters. The molecule has 1 fully saturated rings. The lowest BCUT2D eigenvalue weighted by atomic mass is 10.0. The van der Waals surface area contributed by atoms with Crippen LogP contribution in [0, 0.1) is 17.1 Å². The van der Waals surface area contributed by atoms with E-state index in [4.69, 9.17) is 5.26 Å². The maximum atomic E-state index is 13.9. The highest BCUT2D eigenvalue weighted by atomic mass is 19.1. The molecule has 1 heterocycles. The summed E-state index contributed by atoms with van der Waals surface area (Å²) in [4.78, 5) is 4.70. The van der Waals surface area contributed by atoms with Crippen molar-refractivity contribution in [3.8, 4) is 6.07 Å². The number of benzene rings is 2. The van der Waals surface area contributed by atoms with E-state index in [1.54, 1.807) is 6.07 Å². The third kappa shape index (κ3) is 3.42. The minimum atomic E-state index is -0.443. The smallest absolute Gasteiger partial charge is 0.143 e. The lowest BCUT2D eigenvalue weighted by Gasteiger charge is -2.45. The van der Waals surface area contributed by atoms with E-state index >= 15 is 0 Å². The zero-order valence-electron chi connectivity index (χ0n) is 14.1. The van der Waals surface area contributed by atoms with Crippen molar-refractivity contribution in [2.75, 3.05) is 18.0 Å². The molecule has 2 aromatic carbocycles. The second-order valence-electron chi connectivity index (χ2n) is 6.54. The molecule has 0 aliphatic carbocycles. The van der Waals surface area contributed by atoms with Crippen molar-refractivity contribution < 1.29 is 4.39 Å². The largest absolute Gasteiger partial charge is 0.366 e. The van der Waals surface area contributed by atoms with Crippen LogP contribution in [0.4, 0.5) is 10.1 Å². The van der Waals surface area contributed by atoms with E-state index in [0.717, 1.165) is 25.3 Å². The molecule has 0 amide bonds. The topological polar surface area (TPSA) is 30.3 Å². The fourth-order valence-electron chi connectivity index (χ4n) is 3.37. The van der Waals surface area contributed by atoms with Gasteiger partial charge in [0.25, 0.3) is 0 Å². The second kappa shape index (κ2) is 7.02. The van der Waals surface area contributed by atoms with Gasteiger partial charge in [-0.15, -0.1) is 0 Å². The molecule has 0 spiro atoms. The van der Waals surface area contributed by atoms with Gasteiger partial charge in [-0.25, -0.2) is 4.39 Å². The van der Waals surface area contributed by atoms with Gasteiger partial charge in [0.15, 0.2) is 0 Å². The standard InChI is InChI=1S/C20H22FN3/c1-15-13-24(19-9-8-18(11-22)20(21)10-19)16(2)12-23(15)14-17-6-4-3-5-7-17/h3-10,15-16H,12-14H2,1-2H3. The number of hydrogen-bond donors (Lipinski definition) is 0. The van der Waals surface area contributed by atoms with E-state index in [-0.39, 0.29) is 11.6 Å². The van der Waals surface area contributed by atoms with Crippen molar-refractivity contribution in [1.29, 1.82) is 5.26 Å². The molecule has 3 rings (SSSR count). The molecule has 2 unspecified atom stereocenters. The van der Waals surface area contributed by atoms with Gasteiger partial charge in [0, 0.05) is 37.4 Å². The number of rotatable bonds is 3. The first kappa shape index (κ1) is 16.5. The molecule has 24 heavy (non-hydrogen) atoms. The predicted molar refractivity (Wildman–Crippen MR) is 94.2 cm³/mol. The summed E-state index contributed by atoms with van der Waals surface area (Å²) in [6.07, 6.45) is 0. The fourth-order valence-corrected chi connectivity index (χ4v) is 3.37. The Hall–Kier alpha value is -2.38. The molecular formula is C20H22FN3. The van der Waals surface area contributed by atoms with E-state index in [1.165, 1.54) is 11.6 Å². The van der Waals surface area contributed by atoms with Crippen LogP contribution >= 0.6 is 0 Å². The Morgan fingerprint density at radius 3 is 2.50 bits per heavy atom. The van der Waals surface area contributed by atoms with E-state index in [9.17, 15) is 4.39 Å². The summed E-state index contributed by atoms with van der Waals surface area (Å²) in [5.41, 5.74) is 2.27. The number of nitrogens with zero attached hydrogens (tertiary/aromatic N) is 3. The van der Waals surface area contributed by atoms with Gasteiger partial charge in [-0.3, -0.25) is 4.90 Å². The van der Waals surface area contributed by atoms with Crippen LogP contribution in [0.1, 0.15) is 25.0 Å². The Morgan fingerprint density at radius 1 is 1.08 bits per heavy atom. The van der Waals surface area contributed by atoms with Crippen LogP contribution in [0.5, 0.6) is 0 Å². The monoisotopic (exact) mass is 323 g/mol. The Labute approximate surface area is 142 Å². The van der Waals surface area contributed by atoms with Crippen LogP contribution in [0.2, 0.25) is 0 Å². The summed E-state index contributed by atoms with van der Waals surface area (Å²) in [7, 11) is 0. The highest BCUT2D eigenvalue weighted by Gasteiger charge is 2.29. The molecule has 0 saturated carbocycles. The van der Waals surface area contributed by atoms with E-state index < -0.39 is 5.82 Å². The van der Waals surface area contributed by atoms with E-state index in [2.05, 4.69) is 47.9 Å². The Morgan fingerprint density at radius 2 is 1.83 bits per heavy atom. The van der Waals surface area contributed by atoms with Crippen molar-refractivity contribution in [3.63, 3.8) is 0 Å². The molecule has 124 valence electrons. The van der Waals surface area contributed by atoms with Gasteiger partial charge in [0.2, 0.25) is 0 Å². The second-order valence-corrected chi connectivity index (χ2v) is 6.54. The molecule has 0 N–H and O–H groups in total. The van der Waals surface area contributed by atoms with Crippen molar-refractivity contribution in [3.05, 3.63) is 65.5 Å². The third-order valence-corrected chi connectivity index (χ3v) is 4.75. The highest BCUT2D eigenvalue weighted by molar-refractivity contribution is 5.52. The summed E-state index contributed by atoms with van der Waals surface area (Å²) < 4.78 is 13.9. The number of hydrogen-bond acceptors (Lipinski definition) is 3. The average molecular weight is 323 g/mol.